The van der Waals surface area contributed by atoms with Gasteiger partial charge in [-0.3, -0.25) is 9.59 Å². The molecule has 0 aliphatic heterocycles. The fraction of sp³-hybridized carbons (Fsp3) is 0.304. The number of H-pyrrole nitrogens is 1. The average molecular weight is 394 g/mol. The second kappa shape index (κ2) is 9.78. The number of aromatic nitrogens is 1. The van der Waals surface area contributed by atoms with Crippen molar-refractivity contribution in [2.75, 3.05) is 13.7 Å². The fourth-order valence-corrected chi connectivity index (χ4v) is 3.42. The Bertz CT molecular complexity index is 976. The molecule has 0 bridgehead atoms. The molecule has 1 amide bonds. The number of carboxylic acids is 1. The van der Waals surface area contributed by atoms with E-state index >= 15 is 0 Å². The Kier molecular flexibility index (Phi) is 6.89. The van der Waals surface area contributed by atoms with E-state index in [1.54, 1.807) is 7.11 Å². The van der Waals surface area contributed by atoms with Crippen LogP contribution in [0.4, 0.5) is 0 Å². The Morgan fingerprint density at radius 1 is 1.03 bits per heavy atom. The molecule has 0 radical (unpaired) electrons. The minimum absolute atomic E-state index is 0.0220. The third-order valence-electron chi connectivity index (χ3n) is 4.93. The molecule has 6 heteroatoms. The summed E-state index contributed by atoms with van der Waals surface area (Å²) >= 11 is 0. The van der Waals surface area contributed by atoms with Gasteiger partial charge in [-0.1, -0.05) is 18.2 Å². The van der Waals surface area contributed by atoms with Gasteiger partial charge in [0.25, 0.3) is 0 Å². The summed E-state index contributed by atoms with van der Waals surface area (Å²) in [4.78, 5) is 26.3. The van der Waals surface area contributed by atoms with Crippen LogP contribution in [0.5, 0.6) is 5.75 Å². The summed E-state index contributed by atoms with van der Waals surface area (Å²) < 4.78 is 5.25. The Labute approximate surface area is 169 Å². The number of carbonyl (C=O) groups excluding carboxylic acids is 1. The lowest BCUT2D eigenvalue weighted by molar-refractivity contribution is -0.137. The minimum Gasteiger partial charge on any atom is -0.497 e. The molecule has 0 unspecified atom stereocenters. The van der Waals surface area contributed by atoms with Gasteiger partial charge in [-0.05, 0) is 60.7 Å². The molecule has 152 valence electrons. The van der Waals surface area contributed by atoms with E-state index in [1.807, 2.05) is 42.5 Å². The van der Waals surface area contributed by atoms with E-state index in [4.69, 9.17) is 9.84 Å². The van der Waals surface area contributed by atoms with Crippen LogP contribution in [-0.4, -0.2) is 35.6 Å². The number of ether oxygens (including phenoxy) is 1. The first-order chi connectivity index (χ1) is 14.1. The van der Waals surface area contributed by atoms with Gasteiger partial charge in [0.2, 0.25) is 5.91 Å². The summed E-state index contributed by atoms with van der Waals surface area (Å²) in [5, 5.41) is 12.7. The summed E-state index contributed by atoms with van der Waals surface area (Å²) in [6.07, 6.45) is 2.37. The van der Waals surface area contributed by atoms with E-state index < -0.39 is 5.97 Å². The molecule has 3 rings (SSSR count). The Morgan fingerprint density at radius 2 is 1.79 bits per heavy atom. The zero-order chi connectivity index (χ0) is 20.6. The van der Waals surface area contributed by atoms with Gasteiger partial charge < -0.3 is 20.1 Å². The van der Waals surface area contributed by atoms with Crippen LogP contribution in [-0.2, 0) is 16.0 Å². The summed E-state index contributed by atoms with van der Waals surface area (Å²) in [6, 6.07) is 16.0. The molecular weight excluding hydrogens is 368 g/mol. The van der Waals surface area contributed by atoms with Gasteiger partial charge in [-0.15, -0.1) is 0 Å². The quantitative estimate of drug-likeness (QED) is 0.451. The Hall–Kier alpha value is -3.28. The van der Waals surface area contributed by atoms with Crippen molar-refractivity contribution in [1.29, 1.82) is 0 Å². The number of fused-ring (bicyclic) bond motifs is 1. The first-order valence-electron chi connectivity index (χ1n) is 9.81. The number of aromatic amines is 1. The Balaban J connectivity index is 1.69. The number of carbonyl (C=O) groups is 2. The summed E-state index contributed by atoms with van der Waals surface area (Å²) in [5.74, 6) is -0.0262. The van der Waals surface area contributed by atoms with Crippen molar-refractivity contribution in [2.24, 2.45) is 0 Å². The van der Waals surface area contributed by atoms with Gasteiger partial charge in [0.1, 0.15) is 5.75 Å². The molecule has 6 nitrogen and oxygen atoms in total. The molecule has 0 saturated heterocycles. The number of carboxylic acid groups (broad SMARTS) is 1. The molecule has 0 fully saturated rings. The maximum Gasteiger partial charge on any atom is 0.303 e. The number of rotatable bonds is 10. The van der Waals surface area contributed by atoms with Crippen LogP contribution >= 0.6 is 0 Å². The molecule has 1 heterocycles. The van der Waals surface area contributed by atoms with Crippen LogP contribution in [0.1, 0.15) is 31.2 Å². The number of aliphatic carboxylic acids is 1. The largest absolute Gasteiger partial charge is 0.497 e. The number of methoxy groups -OCH3 is 1. The maximum absolute atomic E-state index is 12.2. The van der Waals surface area contributed by atoms with Crippen molar-refractivity contribution in [3.05, 3.63) is 54.1 Å². The molecule has 29 heavy (non-hydrogen) atoms. The van der Waals surface area contributed by atoms with Crippen molar-refractivity contribution in [1.82, 2.24) is 10.3 Å². The first-order valence-corrected chi connectivity index (χ1v) is 9.81. The maximum atomic E-state index is 12.2. The van der Waals surface area contributed by atoms with E-state index in [0.717, 1.165) is 33.5 Å². The number of hydrogen-bond donors (Lipinski definition) is 3. The van der Waals surface area contributed by atoms with Crippen molar-refractivity contribution in [2.45, 2.75) is 32.1 Å². The molecular formula is C23H26N2O4. The highest BCUT2D eigenvalue weighted by molar-refractivity contribution is 5.91. The van der Waals surface area contributed by atoms with Gasteiger partial charge in [-0.25, -0.2) is 0 Å². The van der Waals surface area contributed by atoms with Crippen LogP contribution < -0.4 is 10.1 Å². The lowest BCUT2D eigenvalue weighted by Crippen LogP contribution is -2.24. The summed E-state index contributed by atoms with van der Waals surface area (Å²) in [5.41, 5.74) is 4.23. The van der Waals surface area contributed by atoms with Gasteiger partial charge in [-0.2, -0.15) is 0 Å². The molecule has 0 atom stereocenters. The van der Waals surface area contributed by atoms with E-state index in [1.165, 1.54) is 0 Å². The van der Waals surface area contributed by atoms with E-state index in [9.17, 15) is 9.59 Å². The zero-order valence-electron chi connectivity index (χ0n) is 16.5. The zero-order valence-corrected chi connectivity index (χ0v) is 16.5. The number of para-hydroxylation sites is 1. The van der Waals surface area contributed by atoms with Crippen molar-refractivity contribution < 1.29 is 19.4 Å². The lowest BCUT2D eigenvalue weighted by atomic mass is 10.0. The molecule has 3 aromatic rings. The SMILES string of the molecule is COc1ccc(-c2[nH]c3ccccc3c2CCC(=O)NCCCCC(=O)O)cc1. The molecule has 2 aromatic carbocycles. The van der Waals surface area contributed by atoms with Crippen LogP contribution in [0, 0.1) is 0 Å². The van der Waals surface area contributed by atoms with E-state index in [-0.39, 0.29) is 12.3 Å². The van der Waals surface area contributed by atoms with Crippen molar-refractivity contribution in [3.63, 3.8) is 0 Å². The minimum atomic E-state index is -0.804. The van der Waals surface area contributed by atoms with E-state index in [2.05, 4.69) is 16.4 Å². The number of nitrogens with one attached hydrogen (secondary N) is 2. The molecule has 0 aliphatic carbocycles. The van der Waals surface area contributed by atoms with Gasteiger partial charge in [0.15, 0.2) is 0 Å². The monoisotopic (exact) mass is 394 g/mol. The van der Waals surface area contributed by atoms with E-state index in [0.29, 0.717) is 32.2 Å². The molecule has 0 aliphatic rings. The molecule has 1 aromatic heterocycles. The standard InChI is InChI=1S/C23H26N2O4/c1-29-17-11-9-16(10-12-17)23-19(18-6-2-3-7-20(18)25-23)13-14-21(26)24-15-5-4-8-22(27)28/h2-3,6-7,9-12,25H,4-5,8,13-15H2,1H3,(H,24,26)(H,27,28). The van der Waals surface area contributed by atoms with Gasteiger partial charge >= 0.3 is 5.97 Å². The van der Waals surface area contributed by atoms with Crippen molar-refractivity contribution >= 4 is 22.8 Å². The number of unbranched alkanes of at least 4 members (excludes halogenated alkanes) is 1. The lowest BCUT2D eigenvalue weighted by Gasteiger charge is -2.08. The molecule has 0 saturated carbocycles. The predicted molar refractivity (Wildman–Crippen MR) is 113 cm³/mol. The second-order valence-corrected chi connectivity index (χ2v) is 6.95. The highest BCUT2D eigenvalue weighted by Crippen LogP contribution is 2.32. The second-order valence-electron chi connectivity index (χ2n) is 6.95. The number of benzene rings is 2. The molecule has 0 spiro atoms. The Morgan fingerprint density at radius 3 is 2.52 bits per heavy atom. The third-order valence-corrected chi connectivity index (χ3v) is 4.93. The molecule has 3 N–H and O–H groups in total. The predicted octanol–water partition coefficient (Wildman–Crippen LogP) is 4.15. The van der Waals surface area contributed by atoms with Crippen LogP contribution in [0.2, 0.25) is 0 Å². The third kappa shape index (κ3) is 5.38. The van der Waals surface area contributed by atoms with Crippen molar-refractivity contribution in [3.8, 4) is 17.0 Å². The van der Waals surface area contributed by atoms with Crippen LogP contribution in [0.15, 0.2) is 48.5 Å². The highest BCUT2D eigenvalue weighted by Gasteiger charge is 2.14. The first kappa shape index (κ1) is 20.5. The fourth-order valence-electron chi connectivity index (χ4n) is 3.42. The van der Waals surface area contributed by atoms with Gasteiger partial charge in [0, 0.05) is 36.0 Å². The smallest absolute Gasteiger partial charge is 0.303 e. The van der Waals surface area contributed by atoms with Crippen LogP contribution in [0.3, 0.4) is 0 Å². The topological polar surface area (TPSA) is 91.4 Å². The highest BCUT2D eigenvalue weighted by atomic mass is 16.5. The summed E-state index contributed by atoms with van der Waals surface area (Å²) in [6.45, 7) is 0.505. The normalized spacial score (nSPS) is 10.8. The average Bonchev–Trinajstić information content (AvgIpc) is 3.10. The summed E-state index contributed by atoms with van der Waals surface area (Å²) in [7, 11) is 1.64. The van der Waals surface area contributed by atoms with Gasteiger partial charge in [0.05, 0.1) is 7.11 Å². The number of amides is 1. The number of hydrogen-bond acceptors (Lipinski definition) is 3. The van der Waals surface area contributed by atoms with Crippen LogP contribution in [0.25, 0.3) is 22.2 Å². The number of aryl methyl sites for hydroxylation is 1.